The number of hydrogen-bond acceptors (Lipinski definition) is 3. The van der Waals surface area contributed by atoms with E-state index in [4.69, 9.17) is 9.84 Å². The molecule has 0 aliphatic carbocycles. The molecule has 0 spiro atoms. The van der Waals surface area contributed by atoms with Gasteiger partial charge in [-0.05, 0) is 32.9 Å². The lowest BCUT2D eigenvalue weighted by molar-refractivity contribution is -0.151. The maximum absolute atomic E-state index is 10.8. The predicted octanol–water partition coefficient (Wildman–Crippen LogP) is 0.962. The molecule has 0 bridgehead atoms. The van der Waals surface area contributed by atoms with Gasteiger partial charge in [-0.3, -0.25) is 0 Å². The zero-order valence-corrected chi connectivity index (χ0v) is 8.74. The van der Waals surface area contributed by atoms with Crippen molar-refractivity contribution in [2.24, 2.45) is 0 Å². The van der Waals surface area contributed by atoms with Crippen molar-refractivity contribution in [3.8, 4) is 0 Å². The van der Waals surface area contributed by atoms with Crippen molar-refractivity contribution in [1.82, 2.24) is 4.90 Å². The van der Waals surface area contributed by atoms with Crippen LogP contribution in [0.3, 0.4) is 0 Å². The second-order valence-electron chi connectivity index (χ2n) is 3.64. The largest absolute Gasteiger partial charge is 0.479 e. The Labute approximate surface area is 84.8 Å². The van der Waals surface area contributed by atoms with Gasteiger partial charge in [0.25, 0.3) is 0 Å². The van der Waals surface area contributed by atoms with E-state index in [9.17, 15) is 4.79 Å². The van der Waals surface area contributed by atoms with Gasteiger partial charge in [-0.1, -0.05) is 6.42 Å². The summed E-state index contributed by atoms with van der Waals surface area (Å²) in [7, 11) is 0. The first-order valence-electron chi connectivity index (χ1n) is 5.30. The van der Waals surface area contributed by atoms with Crippen LogP contribution in [0, 0.1) is 0 Å². The zero-order chi connectivity index (χ0) is 10.4. The number of hydrogen-bond donors (Lipinski definition) is 1. The molecule has 4 heteroatoms. The number of nitrogens with zero attached hydrogens (tertiary/aromatic N) is 1. The molecule has 82 valence electrons. The highest BCUT2D eigenvalue weighted by molar-refractivity contribution is 5.72. The molecule has 0 amide bonds. The van der Waals surface area contributed by atoms with E-state index in [0.717, 1.165) is 13.1 Å². The van der Waals surface area contributed by atoms with Crippen LogP contribution < -0.4 is 0 Å². The molecule has 14 heavy (non-hydrogen) atoms. The highest BCUT2D eigenvalue weighted by Crippen LogP contribution is 2.09. The summed E-state index contributed by atoms with van der Waals surface area (Å²) >= 11 is 0. The minimum atomic E-state index is -0.850. The number of ether oxygens (including phenoxy) is 1. The number of rotatable bonds is 5. The summed E-state index contributed by atoms with van der Waals surface area (Å²) in [6.07, 6.45) is 2.97. The molecule has 0 aromatic rings. The Kier molecular flexibility index (Phi) is 4.90. The Balaban J connectivity index is 2.33. The molecule has 0 aromatic carbocycles. The molecular weight excluding hydrogens is 182 g/mol. The van der Waals surface area contributed by atoms with Crippen molar-refractivity contribution in [2.45, 2.75) is 32.3 Å². The van der Waals surface area contributed by atoms with Crippen LogP contribution in [0.4, 0.5) is 0 Å². The van der Waals surface area contributed by atoms with Gasteiger partial charge in [-0.2, -0.15) is 0 Å². The van der Waals surface area contributed by atoms with Crippen molar-refractivity contribution in [3.05, 3.63) is 0 Å². The van der Waals surface area contributed by atoms with Gasteiger partial charge < -0.3 is 14.7 Å². The van der Waals surface area contributed by atoms with Crippen LogP contribution in [0.15, 0.2) is 0 Å². The lowest BCUT2D eigenvalue weighted by Crippen LogP contribution is -2.41. The van der Waals surface area contributed by atoms with Crippen molar-refractivity contribution in [2.75, 3.05) is 26.2 Å². The van der Waals surface area contributed by atoms with E-state index in [-0.39, 0.29) is 0 Å². The number of carbonyl (C=O) groups is 1. The molecular formula is C10H19NO3. The Bertz CT molecular complexity index is 178. The van der Waals surface area contributed by atoms with Gasteiger partial charge >= 0.3 is 5.97 Å². The number of piperidine rings is 1. The second kappa shape index (κ2) is 5.98. The number of aliphatic carboxylic acids is 1. The van der Waals surface area contributed by atoms with E-state index < -0.39 is 12.1 Å². The van der Waals surface area contributed by atoms with Crippen LogP contribution in [0.2, 0.25) is 0 Å². The van der Waals surface area contributed by atoms with E-state index in [1.165, 1.54) is 19.3 Å². The van der Waals surface area contributed by atoms with Crippen molar-refractivity contribution in [1.29, 1.82) is 0 Å². The van der Waals surface area contributed by atoms with Gasteiger partial charge in [0.15, 0.2) is 6.10 Å². The van der Waals surface area contributed by atoms with Crippen LogP contribution in [-0.2, 0) is 9.53 Å². The molecule has 1 saturated heterocycles. The first-order valence-corrected chi connectivity index (χ1v) is 5.30. The van der Waals surface area contributed by atoms with Crippen LogP contribution in [0.25, 0.3) is 0 Å². The minimum absolute atomic E-state index is 0.463. The highest BCUT2D eigenvalue weighted by Gasteiger charge is 2.22. The molecule has 1 aliphatic rings. The van der Waals surface area contributed by atoms with Crippen LogP contribution in [0.5, 0.6) is 0 Å². The van der Waals surface area contributed by atoms with Crippen LogP contribution >= 0.6 is 0 Å². The monoisotopic (exact) mass is 201 g/mol. The zero-order valence-electron chi connectivity index (χ0n) is 8.74. The van der Waals surface area contributed by atoms with Crippen molar-refractivity contribution in [3.63, 3.8) is 0 Å². The summed E-state index contributed by atoms with van der Waals surface area (Å²) in [6.45, 7) is 4.84. The molecule has 1 rings (SSSR count). The number of likely N-dealkylation sites (tertiary alicyclic amines) is 1. The highest BCUT2D eigenvalue weighted by atomic mass is 16.5. The SMILES string of the molecule is CCOC(CN1CCCCC1)C(=O)O. The quantitative estimate of drug-likeness (QED) is 0.720. The topological polar surface area (TPSA) is 49.8 Å². The smallest absolute Gasteiger partial charge is 0.334 e. The van der Waals surface area contributed by atoms with Crippen LogP contribution in [-0.4, -0.2) is 48.3 Å². The molecule has 1 fully saturated rings. The molecule has 0 saturated carbocycles. The third kappa shape index (κ3) is 3.64. The normalized spacial score (nSPS) is 20.6. The molecule has 1 N–H and O–H groups in total. The summed E-state index contributed by atoms with van der Waals surface area (Å²) in [6, 6.07) is 0. The average Bonchev–Trinajstić information content (AvgIpc) is 2.18. The number of carboxylic acid groups (broad SMARTS) is 1. The molecule has 1 aliphatic heterocycles. The maximum Gasteiger partial charge on any atom is 0.334 e. The van der Waals surface area contributed by atoms with E-state index in [0.29, 0.717) is 13.2 Å². The lowest BCUT2D eigenvalue weighted by atomic mass is 10.1. The van der Waals surface area contributed by atoms with Gasteiger partial charge in [-0.15, -0.1) is 0 Å². The Morgan fingerprint density at radius 1 is 1.43 bits per heavy atom. The fourth-order valence-corrected chi connectivity index (χ4v) is 1.78. The van der Waals surface area contributed by atoms with Gasteiger partial charge in [0.05, 0.1) is 0 Å². The molecule has 4 nitrogen and oxygen atoms in total. The van der Waals surface area contributed by atoms with Gasteiger partial charge in [-0.25, -0.2) is 4.79 Å². The average molecular weight is 201 g/mol. The Morgan fingerprint density at radius 3 is 2.57 bits per heavy atom. The molecule has 1 unspecified atom stereocenters. The third-order valence-corrected chi connectivity index (χ3v) is 2.52. The first kappa shape index (κ1) is 11.5. The summed E-state index contributed by atoms with van der Waals surface area (Å²) in [5, 5.41) is 8.88. The standard InChI is InChI=1S/C10H19NO3/c1-2-14-9(10(12)13)8-11-6-4-3-5-7-11/h9H,2-8H2,1H3,(H,12,13). The fraction of sp³-hybridized carbons (Fsp3) is 0.900. The summed E-state index contributed by atoms with van der Waals surface area (Å²) in [5.74, 6) is -0.850. The molecule has 1 heterocycles. The lowest BCUT2D eigenvalue weighted by Gasteiger charge is -2.28. The minimum Gasteiger partial charge on any atom is -0.479 e. The van der Waals surface area contributed by atoms with Crippen molar-refractivity contribution < 1.29 is 14.6 Å². The molecule has 0 aromatic heterocycles. The maximum atomic E-state index is 10.8. The predicted molar refractivity (Wildman–Crippen MR) is 53.3 cm³/mol. The van der Waals surface area contributed by atoms with Crippen LogP contribution in [0.1, 0.15) is 26.2 Å². The van der Waals surface area contributed by atoms with E-state index in [2.05, 4.69) is 4.90 Å². The fourth-order valence-electron chi connectivity index (χ4n) is 1.78. The summed E-state index contributed by atoms with van der Waals surface area (Å²) in [4.78, 5) is 13.0. The second-order valence-corrected chi connectivity index (χ2v) is 3.64. The third-order valence-electron chi connectivity index (χ3n) is 2.52. The first-order chi connectivity index (χ1) is 6.74. The van der Waals surface area contributed by atoms with Gasteiger partial charge in [0.1, 0.15) is 0 Å². The summed E-state index contributed by atoms with van der Waals surface area (Å²) in [5.41, 5.74) is 0. The van der Waals surface area contributed by atoms with E-state index in [1.54, 1.807) is 0 Å². The Morgan fingerprint density at radius 2 is 2.07 bits per heavy atom. The molecule has 0 radical (unpaired) electrons. The van der Waals surface area contributed by atoms with E-state index >= 15 is 0 Å². The van der Waals surface area contributed by atoms with E-state index in [1.807, 2.05) is 6.92 Å². The van der Waals surface area contributed by atoms with Crippen molar-refractivity contribution >= 4 is 5.97 Å². The Hall–Kier alpha value is -0.610. The van der Waals surface area contributed by atoms with Gasteiger partial charge in [0, 0.05) is 13.2 Å². The molecule has 1 atom stereocenters. The number of carboxylic acids is 1. The van der Waals surface area contributed by atoms with Gasteiger partial charge in [0.2, 0.25) is 0 Å². The summed E-state index contributed by atoms with van der Waals surface area (Å²) < 4.78 is 5.16.